The lowest BCUT2D eigenvalue weighted by Gasteiger charge is -2.11. The minimum Gasteiger partial charge on any atom is -0.422 e. The van der Waals surface area contributed by atoms with E-state index < -0.39 is 0 Å². The number of hydrogen-bond acceptors (Lipinski definition) is 3. The van der Waals surface area contributed by atoms with Gasteiger partial charge in [0.2, 0.25) is 0 Å². The van der Waals surface area contributed by atoms with Gasteiger partial charge in [-0.15, -0.1) is 11.8 Å². The number of rotatable bonds is 4. The van der Waals surface area contributed by atoms with Gasteiger partial charge in [-0.05, 0) is 35.6 Å². The van der Waals surface area contributed by atoms with Crippen LogP contribution in [0, 0.1) is 0 Å². The molecule has 0 unspecified atom stereocenters. The molecule has 0 aliphatic rings. The molecular weight excluding hydrogens is 352 g/mol. The van der Waals surface area contributed by atoms with Crippen LogP contribution in [0.3, 0.4) is 0 Å². The Hall–Kier alpha value is -3.04. The zero-order valence-electron chi connectivity index (χ0n) is 14.9. The van der Waals surface area contributed by atoms with Crippen LogP contribution in [0.15, 0.2) is 105 Å². The Labute approximate surface area is 162 Å². The Morgan fingerprint density at radius 3 is 1.89 bits per heavy atom. The lowest BCUT2D eigenvalue weighted by atomic mass is 9.95. The van der Waals surface area contributed by atoms with E-state index in [0.29, 0.717) is 11.3 Å². The molecule has 4 aromatic rings. The summed E-state index contributed by atoms with van der Waals surface area (Å²) in [7, 11) is 0. The molecule has 1 aromatic heterocycles. The summed E-state index contributed by atoms with van der Waals surface area (Å²) in [4.78, 5) is 14.1. The Morgan fingerprint density at radius 1 is 0.704 bits per heavy atom. The van der Waals surface area contributed by atoms with Crippen molar-refractivity contribution in [1.29, 1.82) is 0 Å². The molecule has 0 saturated heterocycles. The molecule has 2 nitrogen and oxygen atoms in total. The average molecular weight is 370 g/mol. The summed E-state index contributed by atoms with van der Waals surface area (Å²) in [5.74, 6) is 0.575. The number of hydrogen-bond donors (Lipinski definition) is 0. The molecule has 27 heavy (non-hydrogen) atoms. The van der Waals surface area contributed by atoms with Gasteiger partial charge in [-0.2, -0.15) is 0 Å². The monoisotopic (exact) mass is 370 g/mol. The van der Waals surface area contributed by atoms with E-state index in [0.717, 1.165) is 22.3 Å². The molecular formula is C24H18O2S. The van der Waals surface area contributed by atoms with Crippen LogP contribution >= 0.6 is 11.8 Å². The summed E-state index contributed by atoms with van der Waals surface area (Å²) in [5.41, 5.74) is 3.88. The van der Waals surface area contributed by atoms with E-state index in [1.807, 2.05) is 97.3 Å². The summed E-state index contributed by atoms with van der Waals surface area (Å²) in [6.45, 7) is 0. The van der Waals surface area contributed by atoms with Gasteiger partial charge in [-0.3, -0.25) is 0 Å². The van der Waals surface area contributed by atoms with Gasteiger partial charge in [0, 0.05) is 16.0 Å². The SMILES string of the molecule is CSc1ccc(-c2cc(-c3ccccc3)c(-c3ccccc3)c(=O)o2)cc1. The molecule has 0 aliphatic heterocycles. The lowest BCUT2D eigenvalue weighted by molar-refractivity contribution is 0.529. The van der Waals surface area contributed by atoms with E-state index in [2.05, 4.69) is 0 Å². The fourth-order valence-corrected chi connectivity index (χ4v) is 3.52. The van der Waals surface area contributed by atoms with Gasteiger partial charge in [0.15, 0.2) is 0 Å². The van der Waals surface area contributed by atoms with Gasteiger partial charge in [0.25, 0.3) is 0 Å². The Morgan fingerprint density at radius 2 is 1.30 bits per heavy atom. The van der Waals surface area contributed by atoms with Crippen LogP contribution in [0.4, 0.5) is 0 Å². The van der Waals surface area contributed by atoms with Crippen LogP contribution in [-0.4, -0.2) is 6.26 Å². The van der Waals surface area contributed by atoms with Crippen molar-refractivity contribution >= 4 is 11.8 Å². The summed E-state index contributed by atoms with van der Waals surface area (Å²) in [6.07, 6.45) is 2.04. The zero-order chi connectivity index (χ0) is 18.6. The second-order valence-electron chi connectivity index (χ2n) is 6.15. The van der Waals surface area contributed by atoms with Gasteiger partial charge >= 0.3 is 5.63 Å². The molecule has 0 aliphatic carbocycles. The van der Waals surface area contributed by atoms with Crippen molar-refractivity contribution in [1.82, 2.24) is 0 Å². The maximum Gasteiger partial charge on any atom is 0.344 e. The average Bonchev–Trinajstić information content (AvgIpc) is 2.74. The standard InChI is InChI=1S/C24H18O2S/c1-27-20-14-12-18(13-15-20)22-16-21(17-8-4-2-5-9-17)23(24(25)26-22)19-10-6-3-7-11-19/h2-16H,1H3. The van der Waals surface area contributed by atoms with E-state index in [-0.39, 0.29) is 5.63 Å². The molecule has 0 N–H and O–H groups in total. The van der Waals surface area contributed by atoms with E-state index in [9.17, 15) is 4.79 Å². The summed E-state index contributed by atoms with van der Waals surface area (Å²) in [6, 6.07) is 29.6. The second-order valence-corrected chi connectivity index (χ2v) is 7.03. The number of benzene rings is 3. The first-order valence-electron chi connectivity index (χ1n) is 8.69. The van der Waals surface area contributed by atoms with Crippen molar-refractivity contribution in [2.75, 3.05) is 6.26 Å². The van der Waals surface area contributed by atoms with Crippen LogP contribution in [0.2, 0.25) is 0 Å². The molecule has 0 atom stereocenters. The third kappa shape index (κ3) is 3.60. The van der Waals surface area contributed by atoms with E-state index in [4.69, 9.17) is 4.42 Å². The van der Waals surface area contributed by atoms with Crippen molar-refractivity contribution in [2.45, 2.75) is 4.90 Å². The number of thioether (sulfide) groups is 1. The first kappa shape index (κ1) is 17.4. The molecule has 0 spiro atoms. The molecule has 0 saturated carbocycles. The summed E-state index contributed by atoms with van der Waals surface area (Å²) in [5, 5.41) is 0. The summed E-state index contributed by atoms with van der Waals surface area (Å²) >= 11 is 1.68. The van der Waals surface area contributed by atoms with Crippen LogP contribution in [0.1, 0.15) is 0 Å². The molecule has 3 heteroatoms. The highest BCUT2D eigenvalue weighted by molar-refractivity contribution is 7.98. The molecule has 0 amide bonds. The largest absolute Gasteiger partial charge is 0.422 e. The first-order valence-corrected chi connectivity index (χ1v) is 9.92. The van der Waals surface area contributed by atoms with Gasteiger partial charge in [0.1, 0.15) is 5.76 Å². The Kier molecular flexibility index (Phi) is 4.95. The van der Waals surface area contributed by atoms with E-state index >= 15 is 0 Å². The van der Waals surface area contributed by atoms with Gasteiger partial charge in [-0.1, -0.05) is 72.8 Å². The molecule has 1 heterocycles. The first-order chi connectivity index (χ1) is 13.3. The van der Waals surface area contributed by atoms with Gasteiger partial charge in [-0.25, -0.2) is 4.79 Å². The Balaban J connectivity index is 1.94. The second kappa shape index (κ2) is 7.68. The normalized spacial score (nSPS) is 10.7. The predicted octanol–water partition coefficient (Wildman–Crippen LogP) is 6.36. The molecule has 0 bridgehead atoms. The smallest absolute Gasteiger partial charge is 0.344 e. The quantitative estimate of drug-likeness (QED) is 0.391. The minimum atomic E-state index is -0.327. The van der Waals surface area contributed by atoms with Crippen molar-refractivity contribution in [3.63, 3.8) is 0 Å². The molecule has 0 fully saturated rings. The zero-order valence-corrected chi connectivity index (χ0v) is 15.7. The topological polar surface area (TPSA) is 30.2 Å². The predicted molar refractivity (Wildman–Crippen MR) is 113 cm³/mol. The van der Waals surface area contributed by atoms with Crippen LogP contribution in [0.25, 0.3) is 33.6 Å². The maximum absolute atomic E-state index is 13.0. The minimum absolute atomic E-state index is 0.327. The molecule has 0 radical (unpaired) electrons. The maximum atomic E-state index is 13.0. The highest BCUT2D eigenvalue weighted by atomic mass is 32.2. The van der Waals surface area contributed by atoms with Crippen molar-refractivity contribution in [3.05, 3.63) is 101 Å². The summed E-state index contributed by atoms with van der Waals surface area (Å²) < 4.78 is 5.72. The Bertz CT molecular complexity index is 1100. The fourth-order valence-electron chi connectivity index (χ4n) is 3.11. The fraction of sp³-hybridized carbons (Fsp3) is 0.0417. The van der Waals surface area contributed by atoms with Crippen molar-refractivity contribution in [3.8, 4) is 33.6 Å². The van der Waals surface area contributed by atoms with Gasteiger partial charge < -0.3 is 4.42 Å². The highest BCUT2D eigenvalue weighted by Crippen LogP contribution is 2.33. The van der Waals surface area contributed by atoms with Crippen LogP contribution in [0.5, 0.6) is 0 Å². The molecule has 3 aromatic carbocycles. The van der Waals surface area contributed by atoms with E-state index in [1.54, 1.807) is 11.8 Å². The van der Waals surface area contributed by atoms with Crippen molar-refractivity contribution in [2.24, 2.45) is 0 Å². The molecule has 4 rings (SSSR count). The van der Waals surface area contributed by atoms with Crippen LogP contribution in [-0.2, 0) is 0 Å². The molecule has 132 valence electrons. The van der Waals surface area contributed by atoms with Crippen molar-refractivity contribution < 1.29 is 4.42 Å². The highest BCUT2D eigenvalue weighted by Gasteiger charge is 2.16. The third-order valence-electron chi connectivity index (χ3n) is 4.47. The van der Waals surface area contributed by atoms with E-state index in [1.165, 1.54) is 4.90 Å². The van der Waals surface area contributed by atoms with Gasteiger partial charge in [0.05, 0.1) is 5.56 Å². The lowest BCUT2D eigenvalue weighted by Crippen LogP contribution is -2.06. The third-order valence-corrected chi connectivity index (χ3v) is 5.22. The van der Waals surface area contributed by atoms with Crippen LogP contribution < -0.4 is 5.63 Å².